The van der Waals surface area contributed by atoms with Crippen LogP contribution in [0.15, 0.2) is 6.07 Å². The number of carbonyl (C=O) groups excluding carboxylic acids is 2. The molecule has 2 atom stereocenters. The summed E-state index contributed by atoms with van der Waals surface area (Å²) < 4.78 is 31.2. The van der Waals surface area contributed by atoms with E-state index in [-0.39, 0.29) is 36.1 Å². The van der Waals surface area contributed by atoms with Gasteiger partial charge < -0.3 is 14.2 Å². The number of sulfone groups is 1. The number of esters is 1. The van der Waals surface area contributed by atoms with E-state index in [1.165, 1.54) is 0 Å². The predicted molar refractivity (Wildman–Crippen MR) is 106 cm³/mol. The Labute approximate surface area is 166 Å². The number of rotatable bonds is 7. The van der Waals surface area contributed by atoms with Crippen LogP contribution in [0.3, 0.4) is 0 Å². The van der Waals surface area contributed by atoms with Crippen LogP contribution in [0.5, 0.6) is 0 Å². The van der Waals surface area contributed by atoms with Gasteiger partial charge in [0.1, 0.15) is 0 Å². The monoisotopic (exact) mass is 410 g/mol. The smallest absolute Gasteiger partial charge is 0.340 e. The SMILES string of the molecule is CC[C@@H](C)N(C(=O)COC(=O)c1cc(C)n(C2CC2)c1C)[C@@H]1CCS(=O)(=O)C1. The Morgan fingerprint density at radius 2 is 1.96 bits per heavy atom. The van der Waals surface area contributed by atoms with E-state index in [4.69, 9.17) is 4.74 Å². The summed E-state index contributed by atoms with van der Waals surface area (Å²) in [5.74, 6) is -0.748. The van der Waals surface area contributed by atoms with Gasteiger partial charge in [-0.05, 0) is 52.5 Å². The normalized spacial score (nSPS) is 22.1. The first kappa shape index (κ1) is 20.9. The van der Waals surface area contributed by atoms with Crippen molar-refractivity contribution in [1.29, 1.82) is 0 Å². The fourth-order valence-electron chi connectivity index (χ4n) is 4.16. The molecule has 0 spiro atoms. The highest BCUT2D eigenvalue weighted by atomic mass is 32.2. The topological polar surface area (TPSA) is 85.7 Å². The minimum absolute atomic E-state index is 0.0143. The Balaban J connectivity index is 1.67. The van der Waals surface area contributed by atoms with Crippen molar-refractivity contribution in [3.05, 3.63) is 23.0 Å². The molecule has 3 rings (SSSR count). The molecule has 0 radical (unpaired) electrons. The molecule has 1 aromatic rings. The van der Waals surface area contributed by atoms with E-state index >= 15 is 0 Å². The number of aromatic nitrogens is 1. The summed E-state index contributed by atoms with van der Waals surface area (Å²) in [4.78, 5) is 27.0. The van der Waals surface area contributed by atoms with Crippen molar-refractivity contribution in [2.45, 2.75) is 71.5 Å². The minimum atomic E-state index is -3.10. The summed E-state index contributed by atoms with van der Waals surface area (Å²) in [5.41, 5.74) is 2.39. The first-order valence-corrected chi connectivity index (χ1v) is 11.8. The van der Waals surface area contributed by atoms with Gasteiger partial charge in [0, 0.05) is 29.5 Å². The minimum Gasteiger partial charge on any atom is -0.452 e. The molecule has 2 aliphatic rings. The van der Waals surface area contributed by atoms with Crippen LogP contribution in [0.1, 0.15) is 67.3 Å². The molecule has 8 heteroatoms. The molecule has 1 saturated heterocycles. The average molecular weight is 411 g/mol. The van der Waals surface area contributed by atoms with Crippen molar-refractivity contribution in [1.82, 2.24) is 9.47 Å². The standard InChI is InChI=1S/C20H30N2O5S/c1-5-13(2)22(17-8-9-28(25,26)12-17)19(23)11-27-20(24)18-10-14(3)21(15(18)4)16-6-7-16/h10,13,16-17H,5-9,11-12H2,1-4H3/t13-,17-/m1/s1. The van der Waals surface area contributed by atoms with Crippen LogP contribution in [0.2, 0.25) is 0 Å². The van der Waals surface area contributed by atoms with E-state index in [0.29, 0.717) is 24.4 Å². The van der Waals surface area contributed by atoms with E-state index in [2.05, 4.69) is 4.57 Å². The second-order valence-corrected chi connectivity index (χ2v) is 10.3. The highest BCUT2D eigenvalue weighted by Crippen LogP contribution is 2.38. The lowest BCUT2D eigenvalue weighted by atomic mass is 10.1. The van der Waals surface area contributed by atoms with Gasteiger partial charge in [-0.3, -0.25) is 4.79 Å². The third-order valence-electron chi connectivity index (χ3n) is 5.90. The molecule has 2 fully saturated rings. The second-order valence-electron chi connectivity index (χ2n) is 8.08. The molecule has 28 heavy (non-hydrogen) atoms. The summed E-state index contributed by atoms with van der Waals surface area (Å²) in [6, 6.07) is 1.83. The number of nitrogens with zero attached hydrogens (tertiary/aromatic N) is 2. The Morgan fingerprint density at radius 1 is 1.29 bits per heavy atom. The van der Waals surface area contributed by atoms with Crippen LogP contribution < -0.4 is 0 Å². The molecular weight excluding hydrogens is 380 g/mol. The van der Waals surface area contributed by atoms with Crippen molar-refractivity contribution in [3.8, 4) is 0 Å². The first-order chi connectivity index (χ1) is 13.1. The Hall–Kier alpha value is -1.83. The molecule has 156 valence electrons. The summed E-state index contributed by atoms with van der Waals surface area (Å²) in [5, 5.41) is 0. The van der Waals surface area contributed by atoms with E-state index < -0.39 is 15.8 Å². The van der Waals surface area contributed by atoms with Gasteiger partial charge in [-0.15, -0.1) is 0 Å². The number of hydrogen-bond acceptors (Lipinski definition) is 5. The summed E-state index contributed by atoms with van der Waals surface area (Å²) >= 11 is 0. The van der Waals surface area contributed by atoms with E-state index in [9.17, 15) is 18.0 Å². The molecule has 1 aliphatic heterocycles. The van der Waals surface area contributed by atoms with Crippen molar-refractivity contribution in [2.24, 2.45) is 0 Å². The Bertz CT molecular complexity index is 869. The highest BCUT2D eigenvalue weighted by Gasteiger charge is 2.37. The molecule has 1 aliphatic carbocycles. The van der Waals surface area contributed by atoms with Gasteiger partial charge in [-0.2, -0.15) is 0 Å². The van der Waals surface area contributed by atoms with E-state index in [0.717, 1.165) is 24.2 Å². The van der Waals surface area contributed by atoms with Gasteiger partial charge in [0.05, 0.1) is 17.1 Å². The van der Waals surface area contributed by atoms with Gasteiger partial charge in [-0.1, -0.05) is 6.92 Å². The Morgan fingerprint density at radius 3 is 2.50 bits per heavy atom. The molecule has 7 nitrogen and oxygen atoms in total. The lowest BCUT2D eigenvalue weighted by molar-refractivity contribution is -0.138. The molecule has 1 aromatic heterocycles. The third-order valence-corrected chi connectivity index (χ3v) is 7.65. The summed E-state index contributed by atoms with van der Waals surface area (Å²) in [7, 11) is -3.10. The molecule has 1 saturated carbocycles. The highest BCUT2D eigenvalue weighted by molar-refractivity contribution is 7.91. The molecule has 0 bridgehead atoms. The zero-order chi connectivity index (χ0) is 20.6. The lowest BCUT2D eigenvalue weighted by Gasteiger charge is -2.33. The van der Waals surface area contributed by atoms with Crippen LogP contribution in [0.25, 0.3) is 0 Å². The predicted octanol–water partition coefficient (Wildman–Crippen LogP) is 2.41. The Kier molecular flexibility index (Phi) is 5.89. The number of ether oxygens (including phenoxy) is 1. The average Bonchev–Trinajstić information content (AvgIpc) is 3.33. The number of carbonyl (C=O) groups is 2. The van der Waals surface area contributed by atoms with Gasteiger partial charge in [0.15, 0.2) is 16.4 Å². The van der Waals surface area contributed by atoms with Crippen molar-refractivity contribution in [2.75, 3.05) is 18.1 Å². The molecule has 2 heterocycles. The van der Waals surface area contributed by atoms with Crippen molar-refractivity contribution in [3.63, 3.8) is 0 Å². The van der Waals surface area contributed by atoms with Gasteiger partial charge >= 0.3 is 5.97 Å². The maximum absolute atomic E-state index is 12.8. The quantitative estimate of drug-likeness (QED) is 0.645. The fraction of sp³-hybridized carbons (Fsp3) is 0.700. The molecule has 0 aromatic carbocycles. The van der Waals surface area contributed by atoms with Gasteiger partial charge in [0.2, 0.25) is 0 Å². The lowest BCUT2D eigenvalue weighted by Crippen LogP contribution is -2.48. The number of hydrogen-bond donors (Lipinski definition) is 0. The fourth-order valence-corrected chi connectivity index (χ4v) is 5.87. The first-order valence-electron chi connectivity index (χ1n) is 10.0. The molecule has 0 N–H and O–H groups in total. The van der Waals surface area contributed by atoms with Crippen LogP contribution >= 0.6 is 0 Å². The summed E-state index contributed by atoms with van der Waals surface area (Å²) in [6.45, 7) is 7.35. The van der Waals surface area contributed by atoms with Crippen molar-refractivity contribution >= 4 is 21.7 Å². The number of aryl methyl sites for hydroxylation is 1. The van der Waals surface area contributed by atoms with Crippen LogP contribution in [-0.4, -0.2) is 60.0 Å². The second kappa shape index (κ2) is 7.89. The molecule has 1 amide bonds. The number of amides is 1. The van der Waals surface area contributed by atoms with Gasteiger partial charge in [-0.25, -0.2) is 13.2 Å². The molecule has 0 unspecified atom stereocenters. The van der Waals surface area contributed by atoms with E-state index in [1.807, 2.05) is 33.8 Å². The maximum atomic E-state index is 12.8. The maximum Gasteiger partial charge on any atom is 0.340 e. The van der Waals surface area contributed by atoms with E-state index in [1.54, 1.807) is 4.90 Å². The third kappa shape index (κ3) is 4.26. The zero-order valence-electron chi connectivity index (χ0n) is 17.1. The largest absolute Gasteiger partial charge is 0.452 e. The van der Waals surface area contributed by atoms with Crippen LogP contribution in [0.4, 0.5) is 0 Å². The van der Waals surface area contributed by atoms with Gasteiger partial charge in [0.25, 0.3) is 5.91 Å². The molecular formula is C20H30N2O5S. The van der Waals surface area contributed by atoms with Crippen LogP contribution in [-0.2, 0) is 19.4 Å². The zero-order valence-corrected chi connectivity index (χ0v) is 17.9. The van der Waals surface area contributed by atoms with Crippen LogP contribution in [0, 0.1) is 13.8 Å². The van der Waals surface area contributed by atoms with Crippen molar-refractivity contribution < 1.29 is 22.7 Å². The summed E-state index contributed by atoms with van der Waals surface area (Å²) in [6.07, 6.45) is 3.39.